The van der Waals surface area contributed by atoms with Gasteiger partial charge in [-0.15, -0.1) is 0 Å². The Morgan fingerprint density at radius 3 is 2.46 bits per heavy atom. The summed E-state index contributed by atoms with van der Waals surface area (Å²) in [5.41, 5.74) is 3.48. The number of nitrogens with zero attached hydrogens (tertiary/aromatic N) is 3. The molecule has 1 aliphatic heterocycles. The standard InChI is InChI=1S/C19H25N3O2/c1-19(2,3)17-15(10-21-11-16(12-21)18(23)24)13-22(20-17)9-14-7-5-4-6-8-14/h4-8,13,16H,9-12H2,1-3H3,(H,23,24). The van der Waals surface area contributed by atoms with Gasteiger partial charge in [0.1, 0.15) is 0 Å². The number of aliphatic carboxylic acids is 1. The Hall–Kier alpha value is -2.14. The van der Waals surface area contributed by atoms with Crippen LogP contribution in [0.2, 0.25) is 0 Å². The van der Waals surface area contributed by atoms with Crippen molar-refractivity contribution < 1.29 is 9.90 Å². The van der Waals surface area contributed by atoms with E-state index < -0.39 is 5.97 Å². The van der Waals surface area contributed by atoms with Gasteiger partial charge in [-0.3, -0.25) is 14.4 Å². The lowest BCUT2D eigenvalue weighted by Crippen LogP contribution is -2.49. The molecule has 1 aromatic heterocycles. The van der Waals surface area contributed by atoms with E-state index in [1.807, 2.05) is 22.9 Å². The summed E-state index contributed by atoms with van der Waals surface area (Å²) in [5, 5.41) is 13.8. The topological polar surface area (TPSA) is 58.4 Å². The van der Waals surface area contributed by atoms with Crippen molar-refractivity contribution in [2.75, 3.05) is 13.1 Å². The van der Waals surface area contributed by atoms with Crippen molar-refractivity contribution in [2.45, 2.75) is 39.3 Å². The highest BCUT2D eigenvalue weighted by molar-refractivity contribution is 5.71. The van der Waals surface area contributed by atoms with Gasteiger partial charge in [0.25, 0.3) is 0 Å². The van der Waals surface area contributed by atoms with Crippen LogP contribution in [0.15, 0.2) is 36.5 Å². The molecule has 24 heavy (non-hydrogen) atoms. The monoisotopic (exact) mass is 327 g/mol. The number of aromatic nitrogens is 2. The Kier molecular flexibility index (Phi) is 4.45. The van der Waals surface area contributed by atoms with Gasteiger partial charge in [-0.05, 0) is 5.56 Å². The van der Waals surface area contributed by atoms with E-state index in [-0.39, 0.29) is 11.3 Å². The van der Waals surface area contributed by atoms with Crippen LogP contribution in [0, 0.1) is 5.92 Å². The zero-order valence-electron chi connectivity index (χ0n) is 14.6. The molecule has 2 aromatic rings. The van der Waals surface area contributed by atoms with Gasteiger partial charge in [-0.25, -0.2) is 0 Å². The quantitative estimate of drug-likeness (QED) is 0.917. The number of benzene rings is 1. The smallest absolute Gasteiger partial charge is 0.309 e. The van der Waals surface area contributed by atoms with Crippen LogP contribution in [-0.2, 0) is 23.3 Å². The first-order valence-corrected chi connectivity index (χ1v) is 8.39. The molecule has 0 aliphatic carbocycles. The number of hydrogen-bond donors (Lipinski definition) is 1. The summed E-state index contributed by atoms with van der Waals surface area (Å²) < 4.78 is 2.00. The molecule has 0 bridgehead atoms. The van der Waals surface area contributed by atoms with Crippen LogP contribution >= 0.6 is 0 Å². The van der Waals surface area contributed by atoms with E-state index in [0.29, 0.717) is 13.1 Å². The van der Waals surface area contributed by atoms with Gasteiger partial charge < -0.3 is 5.11 Å². The first-order valence-electron chi connectivity index (χ1n) is 8.39. The normalized spacial score (nSPS) is 16.1. The van der Waals surface area contributed by atoms with Crippen molar-refractivity contribution in [3.05, 3.63) is 53.3 Å². The molecule has 0 atom stereocenters. The Labute approximate surface area is 142 Å². The van der Waals surface area contributed by atoms with Crippen molar-refractivity contribution in [1.82, 2.24) is 14.7 Å². The summed E-state index contributed by atoms with van der Waals surface area (Å²) in [6.07, 6.45) is 2.11. The van der Waals surface area contributed by atoms with Crippen LogP contribution < -0.4 is 0 Å². The second kappa shape index (κ2) is 6.40. The fourth-order valence-corrected chi connectivity index (χ4v) is 3.16. The maximum absolute atomic E-state index is 11.0. The lowest BCUT2D eigenvalue weighted by Gasteiger charge is -2.36. The fourth-order valence-electron chi connectivity index (χ4n) is 3.16. The molecule has 1 aliphatic rings. The number of hydrogen-bond acceptors (Lipinski definition) is 3. The number of carboxylic acids is 1. The highest BCUT2D eigenvalue weighted by Crippen LogP contribution is 2.28. The minimum Gasteiger partial charge on any atom is -0.481 e. The summed E-state index contributed by atoms with van der Waals surface area (Å²) in [4.78, 5) is 13.1. The molecule has 0 amide bonds. The molecule has 1 aromatic carbocycles. The van der Waals surface area contributed by atoms with Crippen molar-refractivity contribution in [2.24, 2.45) is 5.92 Å². The first kappa shape index (κ1) is 16.7. The average Bonchev–Trinajstić information content (AvgIpc) is 2.86. The maximum Gasteiger partial charge on any atom is 0.309 e. The Morgan fingerprint density at radius 1 is 1.21 bits per heavy atom. The highest BCUT2D eigenvalue weighted by Gasteiger charge is 2.33. The molecule has 3 rings (SSSR count). The summed E-state index contributed by atoms with van der Waals surface area (Å²) in [5.74, 6) is -0.912. The molecule has 1 N–H and O–H groups in total. The van der Waals surface area contributed by atoms with Gasteiger partial charge in [-0.2, -0.15) is 5.10 Å². The van der Waals surface area contributed by atoms with E-state index in [4.69, 9.17) is 10.2 Å². The van der Waals surface area contributed by atoms with Gasteiger partial charge >= 0.3 is 5.97 Å². The third kappa shape index (κ3) is 3.67. The highest BCUT2D eigenvalue weighted by atomic mass is 16.4. The maximum atomic E-state index is 11.0. The molecule has 5 nitrogen and oxygen atoms in total. The van der Waals surface area contributed by atoms with Crippen molar-refractivity contribution >= 4 is 5.97 Å². The van der Waals surface area contributed by atoms with Gasteiger partial charge in [0, 0.05) is 36.8 Å². The molecule has 0 radical (unpaired) electrons. The number of likely N-dealkylation sites (tertiary alicyclic amines) is 1. The second-order valence-corrected chi connectivity index (χ2v) is 7.67. The first-order chi connectivity index (χ1) is 11.3. The van der Waals surface area contributed by atoms with E-state index in [9.17, 15) is 4.79 Å². The van der Waals surface area contributed by atoms with Crippen LogP contribution in [0.25, 0.3) is 0 Å². The number of carboxylic acid groups (broad SMARTS) is 1. The number of carbonyl (C=O) groups is 1. The summed E-state index contributed by atoms with van der Waals surface area (Å²) in [6.45, 7) is 9.28. The summed E-state index contributed by atoms with van der Waals surface area (Å²) >= 11 is 0. The predicted molar refractivity (Wildman–Crippen MR) is 92.9 cm³/mol. The van der Waals surface area contributed by atoms with Crippen LogP contribution in [0.1, 0.15) is 37.6 Å². The summed E-state index contributed by atoms with van der Waals surface area (Å²) in [6, 6.07) is 10.3. The average molecular weight is 327 g/mol. The Balaban J connectivity index is 1.76. The molecule has 2 heterocycles. The van der Waals surface area contributed by atoms with Gasteiger partial charge in [0.15, 0.2) is 0 Å². The van der Waals surface area contributed by atoms with Crippen LogP contribution in [-0.4, -0.2) is 38.8 Å². The molecule has 1 saturated heterocycles. The molecule has 0 unspecified atom stereocenters. The SMILES string of the molecule is CC(C)(C)c1nn(Cc2ccccc2)cc1CN1CC(C(=O)O)C1. The largest absolute Gasteiger partial charge is 0.481 e. The summed E-state index contributed by atoms with van der Waals surface area (Å²) in [7, 11) is 0. The fraction of sp³-hybridized carbons (Fsp3) is 0.474. The lowest BCUT2D eigenvalue weighted by molar-refractivity contribution is -0.147. The van der Waals surface area contributed by atoms with E-state index >= 15 is 0 Å². The third-order valence-electron chi connectivity index (χ3n) is 4.44. The van der Waals surface area contributed by atoms with Crippen LogP contribution in [0.4, 0.5) is 0 Å². The van der Waals surface area contributed by atoms with Crippen LogP contribution in [0.3, 0.4) is 0 Å². The van der Waals surface area contributed by atoms with Gasteiger partial charge in [-0.1, -0.05) is 51.1 Å². The van der Waals surface area contributed by atoms with Crippen molar-refractivity contribution in [3.8, 4) is 0 Å². The van der Waals surface area contributed by atoms with Crippen LogP contribution in [0.5, 0.6) is 0 Å². The minimum atomic E-state index is -0.693. The van der Waals surface area contributed by atoms with Crippen molar-refractivity contribution in [1.29, 1.82) is 0 Å². The lowest BCUT2D eigenvalue weighted by atomic mass is 9.89. The molecule has 128 valence electrons. The predicted octanol–water partition coefficient (Wildman–Crippen LogP) is 2.75. The molecule has 0 saturated carbocycles. The molecule has 5 heteroatoms. The number of rotatable bonds is 5. The Morgan fingerprint density at radius 2 is 1.88 bits per heavy atom. The van der Waals surface area contributed by atoms with E-state index in [1.54, 1.807) is 0 Å². The van der Waals surface area contributed by atoms with E-state index in [2.05, 4.69) is 44.0 Å². The molecular weight excluding hydrogens is 302 g/mol. The molecule has 1 fully saturated rings. The van der Waals surface area contributed by atoms with Gasteiger partial charge in [0.2, 0.25) is 0 Å². The third-order valence-corrected chi connectivity index (χ3v) is 4.44. The minimum absolute atomic E-state index is 0.0334. The molecular formula is C19H25N3O2. The van der Waals surface area contributed by atoms with Crippen molar-refractivity contribution in [3.63, 3.8) is 0 Å². The second-order valence-electron chi connectivity index (χ2n) is 7.67. The van der Waals surface area contributed by atoms with E-state index in [0.717, 1.165) is 18.8 Å². The van der Waals surface area contributed by atoms with E-state index in [1.165, 1.54) is 11.1 Å². The Bertz CT molecular complexity index is 710. The molecule has 0 spiro atoms. The zero-order valence-corrected chi connectivity index (χ0v) is 14.6. The zero-order chi connectivity index (χ0) is 17.3. The van der Waals surface area contributed by atoms with Gasteiger partial charge in [0.05, 0.1) is 18.2 Å².